The van der Waals surface area contributed by atoms with Crippen LogP contribution in [0.5, 0.6) is 0 Å². The van der Waals surface area contributed by atoms with E-state index in [9.17, 15) is 13.6 Å². The van der Waals surface area contributed by atoms with Gasteiger partial charge in [-0.2, -0.15) is 0 Å². The van der Waals surface area contributed by atoms with Crippen LogP contribution in [0.2, 0.25) is 0 Å². The minimum absolute atomic E-state index is 0.00616. The largest absolute Gasteiger partial charge is 0.350 e. The number of benzene rings is 1. The molecule has 0 aliphatic heterocycles. The van der Waals surface area contributed by atoms with Gasteiger partial charge in [-0.15, -0.1) is 0 Å². The van der Waals surface area contributed by atoms with Crippen molar-refractivity contribution in [3.05, 3.63) is 35.4 Å². The van der Waals surface area contributed by atoms with Crippen molar-refractivity contribution in [3.8, 4) is 0 Å². The van der Waals surface area contributed by atoms with E-state index in [0.29, 0.717) is 0 Å². The highest BCUT2D eigenvalue weighted by atomic mass is 19.1. The Kier molecular flexibility index (Phi) is 5.00. The van der Waals surface area contributed by atoms with E-state index in [0.717, 1.165) is 0 Å². The first-order valence-corrected chi connectivity index (χ1v) is 6.19. The van der Waals surface area contributed by atoms with Gasteiger partial charge < -0.3 is 10.6 Å². The molecule has 3 nitrogen and oxygen atoms in total. The molecule has 1 atom stereocenters. The van der Waals surface area contributed by atoms with Crippen molar-refractivity contribution < 1.29 is 13.6 Å². The van der Waals surface area contributed by atoms with E-state index in [2.05, 4.69) is 10.6 Å². The Labute approximate surface area is 112 Å². The Morgan fingerprint density at radius 2 is 1.79 bits per heavy atom. The van der Waals surface area contributed by atoms with Gasteiger partial charge in [0.2, 0.25) is 5.91 Å². The Morgan fingerprint density at radius 3 is 2.26 bits per heavy atom. The zero-order valence-electron chi connectivity index (χ0n) is 11.7. The fraction of sp³-hybridized carbons (Fsp3) is 0.500. The number of carbonyl (C=O) groups excluding carboxylic acids is 1. The number of hydrogen-bond donors (Lipinski definition) is 2. The second-order valence-corrected chi connectivity index (χ2v) is 5.54. The maximum Gasteiger partial charge on any atom is 0.234 e. The van der Waals surface area contributed by atoms with Gasteiger partial charge in [0.25, 0.3) is 0 Å². The summed E-state index contributed by atoms with van der Waals surface area (Å²) >= 11 is 0. The van der Waals surface area contributed by atoms with E-state index in [1.54, 1.807) is 6.92 Å². The first-order chi connectivity index (χ1) is 8.70. The molecular weight excluding hydrogens is 250 g/mol. The lowest BCUT2D eigenvalue weighted by molar-refractivity contribution is -0.121. The van der Waals surface area contributed by atoms with Crippen LogP contribution in [0.15, 0.2) is 18.2 Å². The van der Waals surface area contributed by atoms with Gasteiger partial charge in [-0.25, -0.2) is 8.78 Å². The molecule has 0 aliphatic carbocycles. The molecule has 2 N–H and O–H groups in total. The summed E-state index contributed by atoms with van der Waals surface area (Å²) in [5.74, 6) is -1.44. The molecule has 0 heterocycles. The minimum Gasteiger partial charge on any atom is -0.350 e. The quantitative estimate of drug-likeness (QED) is 0.882. The Bertz CT molecular complexity index is 435. The zero-order valence-corrected chi connectivity index (χ0v) is 11.7. The second-order valence-electron chi connectivity index (χ2n) is 5.54. The van der Waals surface area contributed by atoms with Crippen LogP contribution in [-0.2, 0) is 4.79 Å². The molecule has 0 fully saturated rings. The average Bonchev–Trinajstić information content (AvgIpc) is 2.23. The van der Waals surface area contributed by atoms with Crippen LogP contribution in [-0.4, -0.2) is 18.0 Å². The van der Waals surface area contributed by atoms with Crippen LogP contribution < -0.4 is 10.6 Å². The van der Waals surface area contributed by atoms with E-state index in [1.165, 1.54) is 18.2 Å². The summed E-state index contributed by atoms with van der Waals surface area (Å²) in [5, 5.41) is 5.58. The molecule has 1 aromatic rings. The molecule has 0 spiro atoms. The molecule has 0 saturated heterocycles. The molecule has 1 unspecified atom stereocenters. The minimum atomic E-state index is -0.615. The fourth-order valence-corrected chi connectivity index (χ4v) is 1.73. The summed E-state index contributed by atoms with van der Waals surface area (Å²) in [4.78, 5) is 11.6. The second kappa shape index (κ2) is 6.10. The SMILES string of the molecule is CC(NCC(=O)NC(C)(C)C)c1c(F)cccc1F. The van der Waals surface area contributed by atoms with E-state index in [1.807, 2.05) is 20.8 Å². The van der Waals surface area contributed by atoms with Gasteiger partial charge in [-0.3, -0.25) is 4.79 Å². The molecule has 0 aliphatic rings. The van der Waals surface area contributed by atoms with Crippen LogP contribution in [0.4, 0.5) is 8.78 Å². The monoisotopic (exact) mass is 270 g/mol. The van der Waals surface area contributed by atoms with Crippen molar-refractivity contribution >= 4 is 5.91 Å². The number of halogens is 2. The molecule has 1 amide bonds. The van der Waals surface area contributed by atoms with Crippen molar-refractivity contribution in [1.29, 1.82) is 0 Å². The topological polar surface area (TPSA) is 41.1 Å². The molecule has 1 rings (SSSR count). The Morgan fingerprint density at radius 1 is 1.26 bits per heavy atom. The van der Waals surface area contributed by atoms with Crippen molar-refractivity contribution in [3.63, 3.8) is 0 Å². The molecule has 0 saturated carbocycles. The van der Waals surface area contributed by atoms with Gasteiger partial charge in [0, 0.05) is 17.1 Å². The van der Waals surface area contributed by atoms with Crippen LogP contribution in [0.1, 0.15) is 39.3 Å². The third-order valence-corrected chi connectivity index (χ3v) is 2.52. The van der Waals surface area contributed by atoms with Gasteiger partial charge in [-0.1, -0.05) is 6.07 Å². The van der Waals surface area contributed by atoms with Crippen LogP contribution in [0.25, 0.3) is 0 Å². The normalized spacial score (nSPS) is 13.2. The molecule has 0 radical (unpaired) electrons. The van der Waals surface area contributed by atoms with E-state index in [4.69, 9.17) is 0 Å². The molecule has 1 aromatic carbocycles. The van der Waals surface area contributed by atoms with Gasteiger partial charge in [0.15, 0.2) is 0 Å². The molecular formula is C14H20F2N2O. The van der Waals surface area contributed by atoms with E-state index >= 15 is 0 Å². The van der Waals surface area contributed by atoms with Gasteiger partial charge in [0.1, 0.15) is 11.6 Å². The smallest absolute Gasteiger partial charge is 0.234 e. The third-order valence-electron chi connectivity index (χ3n) is 2.52. The lowest BCUT2D eigenvalue weighted by atomic mass is 10.1. The Hall–Kier alpha value is -1.49. The van der Waals surface area contributed by atoms with Crippen LogP contribution >= 0.6 is 0 Å². The summed E-state index contributed by atoms with van der Waals surface area (Å²) in [6, 6.07) is 3.14. The molecule has 0 bridgehead atoms. The standard InChI is InChI=1S/C14H20F2N2O/c1-9(13-10(15)6-5-7-11(13)16)17-8-12(19)18-14(2,3)4/h5-7,9,17H,8H2,1-4H3,(H,18,19). The van der Waals surface area contributed by atoms with Crippen molar-refractivity contribution in [2.75, 3.05) is 6.54 Å². The summed E-state index contributed by atoms with van der Waals surface area (Å²) in [6.07, 6.45) is 0. The first-order valence-electron chi connectivity index (χ1n) is 6.19. The number of rotatable bonds is 4. The Balaban J connectivity index is 2.61. The molecule has 5 heteroatoms. The lowest BCUT2D eigenvalue weighted by Crippen LogP contribution is -2.45. The van der Waals surface area contributed by atoms with E-state index in [-0.39, 0.29) is 23.6 Å². The summed E-state index contributed by atoms with van der Waals surface area (Å²) in [7, 11) is 0. The highest BCUT2D eigenvalue weighted by molar-refractivity contribution is 5.78. The third kappa shape index (κ3) is 4.95. The average molecular weight is 270 g/mol. The number of nitrogens with one attached hydrogen (secondary N) is 2. The van der Waals surface area contributed by atoms with Gasteiger partial charge in [-0.05, 0) is 39.8 Å². The van der Waals surface area contributed by atoms with Crippen molar-refractivity contribution in [2.24, 2.45) is 0 Å². The van der Waals surface area contributed by atoms with E-state index < -0.39 is 17.7 Å². The maximum absolute atomic E-state index is 13.5. The molecule has 106 valence electrons. The highest BCUT2D eigenvalue weighted by Gasteiger charge is 2.18. The zero-order chi connectivity index (χ0) is 14.6. The predicted octanol–water partition coefficient (Wildman–Crippen LogP) is 2.53. The number of amides is 1. The molecule has 0 aromatic heterocycles. The maximum atomic E-state index is 13.5. The highest BCUT2D eigenvalue weighted by Crippen LogP contribution is 2.19. The predicted molar refractivity (Wildman–Crippen MR) is 70.7 cm³/mol. The molecule has 19 heavy (non-hydrogen) atoms. The summed E-state index contributed by atoms with van der Waals surface area (Å²) in [5.41, 5.74) is -0.378. The summed E-state index contributed by atoms with van der Waals surface area (Å²) < 4.78 is 27.0. The van der Waals surface area contributed by atoms with Crippen LogP contribution in [0.3, 0.4) is 0 Å². The number of hydrogen-bond acceptors (Lipinski definition) is 2. The fourth-order valence-electron chi connectivity index (χ4n) is 1.73. The van der Waals surface area contributed by atoms with Gasteiger partial charge in [0.05, 0.1) is 6.54 Å². The summed E-state index contributed by atoms with van der Waals surface area (Å²) in [6.45, 7) is 7.22. The van der Waals surface area contributed by atoms with Gasteiger partial charge >= 0.3 is 0 Å². The first kappa shape index (κ1) is 15.6. The van der Waals surface area contributed by atoms with Crippen LogP contribution in [0, 0.1) is 11.6 Å². The van der Waals surface area contributed by atoms with Crippen molar-refractivity contribution in [2.45, 2.75) is 39.3 Å². The number of carbonyl (C=O) groups is 1. The van der Waals surface area contributed by atoms with Crippen molar-refractivity contribution in [1.82, 2.24) is 10.6 Å². The lowest BCUT2D eigenvalue weighted by Gasteiger charge is -2.22.